The van der Waals surface area contributed by atoms with E-state index in [1.54, 1.807) is 9.80 Å². The molecule has 17 heteroatoms. The number of urea groups is 2. The number of rotatable bonds is 22. The molecule has 4 aromatic rings. The van der Waals surface area contributed by atoms with Gasteiger partial charge in [0.15, 0.2) is 17.3 Å². The number of alkyl halides is 2. The van der Waals surface area contributed by atoms with Crippen molar-refractivity contribution in [3.63, 3.8) is 0 Å². The highest BCUT2D eigenvalue weighted by molar-refractivity contribution is 9.11. The minimum atomic E-state index is -1.57. The van der Waals surface area contributed by atoms with Crippen molar-refractivity contribution >= 4 is 73.1 Å². The summed E-state index contributed by atoms with van der Waals surface area (Å²) in [5.41, 5.74) is 3.32. The number of morpholine rings is 2. The molecule has 2 aliphatic rings. The highest BCUT2D eigenvalue weighted by Gasteiger charge is 2.40. The summed E-state index contributed by atoms with van der Waals surface area (Å²) in [7, 11) is 0. The van der Waals surface area contributed by atoms with Crippen molar-refractivity contribution < 1.29 is 43.0 Å². The predicted octanol–water partition coefficient (Wildman–Crippen LogP) is 4.76. The molecule has 2 fully saturated rings. The van der Waals surface area contributed by atoms with Crippen LogP contribution in [0.3, 0.4) is 0 Å². The molecule has 0 bridgehead atoms. The van der Waals surface area contributed by atoms with Gasteiger partial charge in [0, 0.05) is 39.0 Å². The first-order valence-corrected chi connectivity index (χ1v) is 24.7. The number of benzene rings is 4. The lowest BCUT2D eigenvalue weighted by atomic mass is 9.94. The van der Waals surface area contributed by atoms with E-state index >= 15 is 0 Å². The van der Waals surface area contributed by atoms with E-state index in [2.05, 4.69) is 53.1 Å². The molecule has 0 radical (unpaired) electrons. The third kappa shape index (κ3) is 15.7. The van der Waals surface area contributed by atoms with Crippen LogP contribution in [0.25, 0.3) is 0 Å². The topological polar surface area (TPSA) is 193 Å². The Bertz CT molecular complexity index is 2130. The number of hydrogen-bond donors (Lipinski definition) is 4. The molecule has 2 saturated heterocycles. The highest BCUT2D eigenvalue weighted by atomic mass is 79.9. The lowest BCUT2D eigenvalue weighted by Gasteiger charge is -2.30. The van der Waals surface area contributed by atoms with Crippen LogP contribution in [0.15, 0.2) is 121 Å². The van der Waals surface area contributed by atoms with Crippen LogP contribution < -0.4 is 21.3 Å². The zero-order valence-electron chi connectivity index (χ0n) is 37.7. The number of aryl methyl sites for hydroxylation is 2. The van der Waals surface area contributed by atoms with Gasteiger partial charge in [0.1, 0.15) is 21.7 Å². The highest BCUT2D eigenvalue weighted by Crippen LogP contribution is 2.20. The van der Waals surface area contributed by atoms with E-state index in [0.29, 0.717) is 65.4 Å². The van der Waals surface area contributed by atoms with Gasteiger partial charge in [-0.3, -0.25) is 24.0 Å². The molecule has 0 spiro atoms. The number of hydrogen-bond acceptors (Lipinski definition) is 9. The number of carbonyl (C=O) groups excluding carboxylic acids is 7. The van der Waals surface area contributed by atoms with Crippen LogP contribution in [0.1, 0.15) is 35.1 Å². The molecule has 2 aliphatic heterocycles. The Balaban J connectivity index is 1.21. The second-order valence-corrected chi connectivity index (χ2v) is 18.5. The van der Waals surface area contributed by atoms with Crippen LogP contribution in [-0.4, -0.2) is 137 Å². The summed E-state index contributed by atoms with van der Waals surface area (Å²) in [5.74, 6) is -3.49. The molecule has 0 aromatic heterocycles. The number of carbonyl (C=O) groups is 7. The van der Waals surface area contributed by atoms with Gasteiger partial charge in [-0.2, -0.15) is 0 Å². The van der Waals surface area contributed by atoms with Crippen molar-refractivity contribution in [1.29, 1.82) is 0 Å². The number of nitrogens with one attached hydrogen (secondary N) is 4. The molecule has 2 heterocycles. The third-order valence-corrected chi connectivity index (χ3v) is 13.6. The maximum Gasteiger partial charge on any atom is 0.318 e. The Hall–Kier alpha value is -5.75. The second-order valence-electron chi connectivity index (χ2n) is 16.7. The summed E-state index contributed by atoms with van der Waals surface area (Å²) >= 11 is 6.62. The molecule has 2 unspecified atom stereocenters. The zero-order valence-corrected chi connectivity index (χ0v) is 40.9. The van der Waals surface area contributed by atoms with Crippen LogP contribution in [0.4, 0.5) is 9.59 Å². The van der Waals surface area contributed by atoms with Crippen LogP contribution in [0.5, 0.6) is 0 Å². The standard InChI is InChI=1S/C51H58Br2N6O9/c52-43(45(60)39(23-21-35-13-5-1-6-14-35)54-48(63)41(33-37-17-9-3-10-18-37)56-50(65)58-25-29-67-30-26-58)47(62)44(53)46(61)40(24-22-36-15-7-2-8-16-36)55-49(64)42(34-38-19-11-4-12-20-38)57-51(66)59-27-31-68-32-28-59/h1-20,39-44H,21-34H2,(H,54,63)(H,55,64)(H,56,65)(H,57,66)/t39-,40-,41-,42-,43?,44?/m0/s1. The van der Waals surface area contributed by atoms with Crippen molar-refractivity contribution in [1.82, 2.24) is 31.1 Å². The summed E-state index contributed by atoms with van der Waals surface area (Å²) < 4.78 is 10.8. The summed E-state index contributed by atoms with van der Waals surface area (Å²) in [6.07, 6.45) is 1.13. The van der Waals surface area contributed by atoms with Gasteiger partial charge in [-0.05, 0) is 47.9 Å². The van der Waals surface area contributed by atoms with E-state index in [4.69, 9.17) is 9.47 Å². The SMILES string of the molecule is O=C(C(Br)C(=O)[C@H](CCc1ccccc1)NC(=O)[C@H](Cc1ccccc1)NC(=O)N1CCOCC1)C(Br)C(=O)[C@H](CCc1ccccc1)NC(=O)[C@H](Cc1ccccc1)NC(=O)N1CCOCC1. The molecule has 6 atom stereocenters. The smallest absolute Gasteiger partial charge is 0.318 e. The van der Waals surface area contributed by atoms with Crippen molar-refractivity contribution in [3.05, 3.63) is 144 Å². The number of nitrogens with zero attached hydrogens (tertiary/aromatic N) is 2. The first kappa shape index (κ1) is 51.6. The van der Waals surface area contributed by atoms with Gasteiger partial charge >= 0.3 is 12.1 Å². The van der Waals surface area contributed by atoms with Gasteiger partial charge in [0.25, 0.3) is 0 Å². The van der Waals surface area contributed by atoms with Gasteiger partial charge in [-0.15, -0.1) is 0 Å². The quantitative estimate of drug-likeness (QED) is 0.0635. The van der Waals surface area contributed by atoms with Crippen LogP contribution in [-0.2, 0) is 59.1 Å². The monoisotopic (exact) mass is 1060 g/mol. The van der Waals surface area contributed by atoms with E-state index in [-0.39, 0.29) is 25.7 Å². The molecule has 360 valence electrons. The van der Waals surface area contributed by atoms with Crippen molar-refractivity contribution in [2.24, 2.45) is 0 Å². The van der Waals surface area contributed by atoms with E-state index in [1.807, 2.05) is 121 Å². The molecule has 4 N–H and O–H groups in total. The lowest BCUT2D eigenvalue weighted by molar-refractivity contribution is -0.134. The summed E-state index contributed by atoms with van der Waals surface area (Å²) in [5, 5.41) is 11.4. The molecule has 0 saturated carbocycles. The fourth-order valence-electron chi connectivity index (χ4n) is 7.92. The number of Topliss-reactive ketones (excluding diaryl/α,β-unsaturated/α-hetero) is 3. The molecule has 4 aromatic carbocycles. The zero-order chi connectivity index (χ0) is 48.3. The van der Waals surface area contributed by atoms with Gasteiger partial charge in [0.05, 0.1) is 38.5 Å². The number of halogens is 2. The number of amides is 6. The average Bonchev–Trinajstić information content (AvgIpc) is 3.38. The Morgan fingerprint density at radius 1 is 0.426 bits per heavy atom. The second kappa shape index (κ2) is 26.7. The van der Waals surface area contributed by atoms with E-state index in [1.165, 1.54) is 0 Å². The maximum atomic E-state index is 14.5. The van der Waals surface area contributed by atoms with Crippen molar-refractivity contribution in [3.8, 4) is 0 Å². The Kier molecular flexibility index (Phi) is 20.3. The molecule has 15 nitrogen and oxygen atoms in total. The largest absolute Gasteiger partial charge is 0.378 e. The minimum absolute atomic E-state index is 0.0923. The fourth-order valence-corrected chi connectivity index (χ4v) is 9.44. The van der Waals surface area contributed by atoms with E-state index < -0.39 is 75.0 Å². The third-order valence-electron chi connectivity index (χ3n) is 11.8. The van der Waals surface area contributed by atoms with Crippen molar-refractivity contribution in [2.45, 2.75) is 72.3 Å². The Labute approximate surface area is 413 Å². The number of ether oxygens (including phenoxy) is 2. The normalized spacial score (nSPS) is 16.4. The Morgan fingerprint density at radius 3 is 1.06 bits per heavy atom. The summed E-state index contributed by atoms with van der Waals surface area (Å²) in [4.78, 5) is 98.8. The molecule has 6 amide bonds. The van der Waals surface area contributed by atoms with Gasteiger partial charge in [-0.25, -0.2) is 9.59 Å². The van der Waals surface area contributed by atoms with Gasteiger partial charge in [0.2, 0.25) is 11.8 Å². The van der Waals surface area contributed by atoms with Crippen LogP contribution >= 0.6 is 31.9 Å². The van der Waals surface area contributed by atoms with Crippen molar-refractivity contribution in [2.75, 3.05) is 52.6 Å². The predicted molar refractivity (Wildman–Crippen MR) is 264 cm³/mol. The first-order valence-electron chi connectivity index (χ1n) is 22.9. The number of ketones is 3. The summed E-state index contributed by atoms with van der Waals surface area (Å²) in [6.45, 7) is 2.83. The molecular weight excluding hydrogens is 1000 g/mol. The first-order chi connectivity index (χ1) is 33.0. The maximum absolute atomic E-state index is 14.5. The van der Waals surface area contributed by atoms with Gasteiger partial charge in [-0.1, -0.05) is 153 Å². The lowest BCUT2D eigenvalue weighted by Crippen LogP contribution is -2.58. The van der Waals surface area contributed by atoms with Crippen LogP contribution in [0, 0.1) is 0 Å². The average molecular weight is 1060 g/mol. The summed E-state index contributed by atoms with van der Waals surface area (Å²) in [6, 6.07) is 31.5. The molecule has 0 aliphatic carbocycles. The molecule has 6 rings (SSSR count). The Morgan fingerprint density at radius 2 is 0.735 bits per heavy atom. The van der Waals surface area contributed by atoms with E-state index in [9.17, 15) is 33.6 Å². The van der Waals surface area contributed by atoms with Gasteiger partial charge < -0.3 is 40.5 Å². The molecule has 68 heavy (non-hydrogen) atoms. The van der Waals surface area contributed by atoms with E-state index in [0.717, 1.165) is 22.3 Å². The van der Waals surface area contributed by atoms with Crippen LogP contribution in [0.2, 0.25) is 0 Å². The minimum Gasteiger partial charge on any atom is -0.378 e. The fraction of sp³-hybridized carbons (Fsp3) is 0.392. The molecular formula is C51H58Br2N6O9.